The number of nitrogens with one attached hydrogen (secondary N) is 1. The first kappa shape index (κ1) is 11.7. The van der Waals surface area contributed by atoms with E-state index in [0.29, 0.717) is 11.5 Å². The molecule has 0 bridgehead atoms. The minimum Gasteiger partial charge on any atom is -0.493 e. The van der Waals surface area contributed by atoms with Gasteiger partial charge in [-0.05, 0) is 19.0 Å². The zero-order chi connectivity index (χ0) is 12.3. The summed E-state index contributed by atoms with van der Waals surface area (Å²) >= 11 is 0. The second-order valence-corrected chi connectivity index (χ2v) is 3.82. The number of ether oxygens (including phenoxy) is 2. The first-order chi connectivity index (χ1) is 8.20. The number of nitro groups is 1. The smallest absolute Gasteiger partial charge is 0.273 e. The van der Waals surface area contributed by atoms with Crippen LogP contribution < -0.4 is 14.8 Å². The van der Waals surface area contributed by atoms with Crippen LogP contribution in [0, 0.1) is 10.1 Å². The minimum absolute atomic E-state index is 0.00626. The summed E-state index contributed by atoms with van der Waals surface area (Å²) in [6, 6.07) is 4.35. The normalized spacial score (nSPS) is 19.0. The van der Waals surface area contributed by atoms with Crippen LogP contribution in [0.3, 0.4) is 0 Å². The quantitative estimate of drug-likeness (QED) is 0.633. The number of nitrogens with zero attached hydrogens (tertiary/aromatic N) is 1. The topological polar surface area (TPSA) is 73.6 Å². The van der Waals surface area contributed by atoms with Crippen LogP contribution >= 0.6 is 0 Å². The van der Waals surface area contributed by atoms with Gasteiger partial charge in [-0.15, -0.1) is 0 Å². The van der Waals surface area contributed by atoms with E-state index in [4.69, 9.17) is 9.47 Å². The molecule has 0 radical (unpaired) electrons. The van der Waals surface area contributed by atoms with Crippen LogP contribution in [0.2, 0.25) is 0 Å². The van der Waals surface area contributed by atoms with Gasteiger partial charge in [0.2, 0.25) is 0 Å². The van der Waals surface area contributed by atoms with Crippen molar-refractivity contribution in [2.75, 3.05) is 20.2 Å². The number of benzene rings is 1. The highest BCUT2D eigenvalue weighted by molar-refractivity contribution is 5.48. The predicted octanol–water partition coefficient (Wildman–Crippen LogP) is 1.34. The van der Waals surface area contributed by atoms with Crippen LogP contribution in [-0.2, 0) is 0 Å². The van der Waals surface area contributed by atoms with E-state index >= 15 is 0 Å². The number of rotatable bonds is 4. The summed E-state index contributed by atoms with van der Waals surface area (Å²) in [5.74, 6) is 0.943. The molecular formula is C11H14N2O4. The molecule has 17 heavy (non-hydrogen) atoms. The summed E-state index contributed by atoms with van der Waals surface area (Å²) in [6.45, 7) is 1.66. The second-order valence-electron chi connectivity index (χ2n) is 3.82. The van der Waals surface area contributed by atoms with E-state index in [1.165, 1.54) is 19.2 Å². The van der Waals surface area contributed by atoms with Crippen molar-refractivity contribution in [2.45, 2.75) is 12.5 Å². The molecule has 1 atom stereocenters. The van der Waals surface area contributed by atoms with Gasteiger partial charge in [0.05, 0.1) is 18.1 Å². The molecular weight excluding hydrogens is 224 g/mol. The first-order valence-corrected chi connectivity index (χ1v) is 5.40. The molecule has 0 spiro atoms. The Bertz CT molecular complexity index is 416. The van der Waals surface area contributed by atoms with Crippen LogP contribution in [0.4, 0.5) is 5.69 Å². The fourth-order valence-corrected chi connectivity index (χ4v) is 1.78. The van der Waals surface area contributed by atoms with E-state index < -0.39 is 4.92 Å². The minimum atomic E-state index is -0.445. The number of methoxy groups -OCH3 is 1. The van der Waals surface area contributed by atoms with Gasteiger partial charge in [-0.25, -0.2) is 0 Å². The van der Waals surface area contributed by atoms with E-state index in [9.17, 15) is 10.1 Å². The molecule has 6 nitrogen and oxygen atoms in total. The van der Waals surface area contributed by atoms with Gasteiger partial charge in [-0.3, -0.25) is 10.1 Å². The van der Waals surface area contributed by atoms with E-state index in [2.05, 4.69) is 5.32 Å². The maximum atomic E-state index is 10.7. The molecule has 0 amide bonds. The van der Waals surface area contributed by atoms with Gasteiger partial charge in [0.25, 0.3) is 5.69 Å². The molecule has 0 aromatic heterocycles. The van der Waals surface area contributed by atoms with E-state index in [1.807, 2.05) is 0 Å². The van der Waals surface area contributed by atoms with Crippen LogP contribution in [0.5, 0.6) is 11.5 Å². The van der Waals surface area contributed by atoms with Gasteiger partial charge in [-0.1, -0.05) is 0 Å². The molecule has 0 unspecified atom stereocenters. The van der Waals surface area contributed by atoms with Crippen molar-refractivity contribution < 1.29 is 14.4 Å². The summed E-state index contributed by atoms with van der Waals surface area (Å²) in [5, 5.41) is 13.9. The van der Waals surface area contributed by atoms with Gasteiger partial charge in [0.1, 0.15) is 6.10 Å². The van der Waals surface area contributed by atoms with Crippen molar-refractivity contribution >= 4 is 5.69 Å². The third-order valence-corrected chi connectivity index (χ3v) is 2.67. The highest BCUT2D eigenvalue weighted by Crippen LogP contribution is 2.32. The molecule has 0 aliphatic carbocycles. The van der Waals surface area contributed by atoms with Crippen LogP contribution in [0.15, 0.2) is 18.2 Å². The monoisotopic (exact) mass is 238 g/mol. The molecule has 2 rings (SSSR count). The fraction of sp³-hybridized carbons (Fsp3) is 0.455. The molecule has 1 aliphatic rings. The van der Waals surface area contributed by atoms with Gasteiger partial charge in [-0.2, -0.15) is 0 Å². The van der Waals surface area contributed by atoms with Crippen molar-refractivity contribution in [3.63, 3.8) is 0 Å². The molecule has 0 saturated carbocycles. The standard InChI is InChI=1S/C11H14N2O4/c1-16-10-3-2-8(13(14)15)6-11(10)17-9-4-5-12-7-9/h2-3,6,9,12H,4-5,7H2,1H3/t9-/m1/s1. The number of hydrogen-bond donors (Lipinski definition) is 1. The Morgan fingerprint density at radius 1 is 1.47 bits per heavy atom. The summed E-state index contributed by atoms with van der Waals surface area (Å²) in [5.41, 5.74) is 0.00626. The average Bonchev–Trinajstić information content (AvgIpc) is 2.81. The van der Waals surface area contributed by atoms with Crippen molar-refractivity contribution in [2.24, 2.45) is 0 Å². The molecule has 1 aliphatic heterocycles. The Balaban J connectivity index is 2.21. The Labute approximate surface area is 98.7 Å². The van der Waals surface area contributed by atoms with Crippen molar-refractivity contribution in [1.82, 2.24) is 5.32 Å². The number of non-ortho nitro benzene ring substituents is 1. The summed E-state index contributed by atoms with van der Waals surface area (Å²) in [6.07, 6.45) is 0.942. The third-order valence-electron chi connectivity index (χ3n) is 2.67. The molecule has 1 fully saturated rings. The maximum absolute atomic E-state index is 10.7. The Kier molecular flexibility index (Phi) is 3.43. The lowest BCUT2D eigenvalue weighted by molar-refractivity contribution is -0.385. The number of nitro benzene ring substituents is 1. The Hall–Kier alpha value is -1.82. The molecule has 1 heterocycles. The molecule has 6 heteroatoms. The molecule has 1 N–H and O–H groups in total. The molecule has 1 aromatic rings. The summed E-state index contributed by atoms with van der Waals surface area (Å²) in [7, 11) is 1.51. The van der Waals surface area contributed by atoms with Crippen molar-refractivity contribution in [3.05, 3.63) is 28.3 Å². The lowest BCUT2D eigenvalue weighted by atomic mass is 10.2. The highest BCUT2D eigenvalue weighted by atomic mass is 16.6. The largest absolute Gasteiger partial charge is 0.493 e. The average molecular weight is 238 g/mol. The van der Waals surface area contributed by atoms with E-state index in [1.54, 1.807) is 6.07 Å². The maximum Gasteiger partial charge on any atom is 0.273 e. The van der Waals surface area contributed by atoms with E-state index in [-0.39, 0.29) is 11.8 Å². The summed E-state index contributed by atoms with van der Waals surface area (Å²) in [4.78, 5) is 10.2. The molecule has 1 aromatic carbocycles. The van der Waals surface area contributed by atoms with Crippen LogP contribution in [0.1, 0.15) is 6.42 Å². The SMILES string of the molecule is COc1ccc([N+](=O)[O-])cc1O[C@@H]1CCNC1. The highest BCUT2D eigenvalue weighted by Gasteiger charge is 2.19. The van der Waals surface area contributed by atoms with Gasteiger partial charge < -0.3 is 14.8 Å². The molecule has 1 saturated heterocycles. The van der Waals surface area contributed by atoms with Gasteiger partial charge >= 0.3 is 0 Å². The Morgan fingerprint density at radius 3 is 2.88 bits per heavy atom. The van der Waals surface area contributed by atoms with Crippen LogP contribution in [0.25, 0.3) is 0 Å². The van der Waals surface area contributed by atoms with Crippen LogP contribution in [-0.4, -0.2) is 31.2 Å². The second kappa shape index (κ2) is 5.01. The third kappa shape index (κ3) is 2.65. The predicted molar refractivity (Wildman–Crippen MR) is 61.6 cm³/mol. The zero-order valence-corrected chi connectivity index (χ0v) is 9.51. The van der Waals surface area contributed by atoms with Gasteiger partial charge in [0.15, 0.2) is 11.5 Å². The fourth-order valence-electron chi connectivity index (χ4n) is 1.78. The van der Waals surface area contributed by atoms with E-state index in [0.717, 1.165) is 19.5 Å². The lowest BCUT2D eigenvalue weighted by Gasteiger charge is -2.14. The van der Waals surface area contributed by atoms with Crippen molar-refractivity contribution in [1.29, 1.82) is 0 Å². The van der Waals surface area contributed by atoms with Gasteiger partial charge in [0, 0.05) is 12.6 Å². The van der Waals surface area contributed by atoms with Crippen molar-refractivity contribution in [3.8, 4) is 11.5 Å². The molecule has 92 valence electrons. The number of hydrogen-bond acceptors (Lipinski definition) is 5. The lowest BCUT2D eigenvalue weighted by Crippen LogP contribution is -2.19. The first-order valence-electron chi connectivity index (χ1n) is 5.40. The summed E-state index contributed by atoms with van der Waals surface area (Å²) < 4.78 is 10.8. The zero-order valence-electron chi connectivity index (χ0n) is 9.51. The Morgan fingerprint density at radius 2 is 2.29 bits per heavy atom.